The topological polar surface area (TPSA) is 6.48 Å². The first kappa shape index (κ1) is 14.3. The molecular weight excluding hydrogens is 227 g/mol. The zero-order valence-corrected chi connectivity index (χ0v) is 12.9. The standard InChI is InChI=1S/C15H29FN2/c1-13(2,3)17-10-15(11-17)7-8-18(12(15)9-16)14(4,5)6/h12H,7-11H2,1-6H3/t12-/m1/s1. The van der Waals surface area contributed by atoms with E-state index in [0.717, 1.165) is 26.1 Å². The van der Waals surface area contributed by atoms with Gasteiger partial charge in [0.15, 0.2) is 0 Å². The van der Waals surface area contributed by atoms with E-state index in [1.807, 2.05) is 0 Å². The lowest BCUT2D eigenvalue weighted by atomic mass is 9.71. The molecule has 18 heavy (non-hydrogen) atoms. The van der Waals surface area contributed by atoms with Crippen LogP contribution in [-0.2, 0) is 0 Å². The number of hydrogen-bond acceptors (Lipinski definition) is 2. The average molecular weight is 256 g/mol. The number of likely N-dealkylation sites (tertiary alicyclic amines) is 2. The molecule has 2 fully saturated rings. The van der Waals surface area contributed by atoms with E-state index in [0.29, 0.717) is 0 Å². The third-order valence-corrected chi connectivity index (χ3v) is 4.90. The summed E-state index contributed by atoms with van der Waals surface area (Å²) in [6, 6.07) is 0.121. The van der Waals surface area contributed by atoms with Gasteiger partial charge in [0.2, 0.25) is 0 Å². The molecule has 0 bridgehead atoms. The van der Waals surface area contributed by atoms with E-state index in [4.69, 9.17) is 0 Å². The fourth-order valence-electron chi connectivity index (χ4n) is 3.60. The lowest BCUT2D eigenvalue weighted by molar-refractivity contribution is -0.0889. The first-order valence-corrected chi connectivity index (χ1v) is 7.18. The van der Waals surface area contributed by atoms with Crippen molar-refractivity contribution in [3.05, 3.63) is 0 Å². The normalized spacial score (nSPS) is 29.8. The largest absolute Gasteiger partial charge is 0.297 e. The summed E-state index contributed by atoms with van der Waals surface area (Å²) in [5.74, 6) is 0. The molecule has 2 heterocycles. The molecule has 0 saturated carbocycles. The zero-order valence-electron chi connectivity index (χ0n) is 12.9. The molecule has 0 N–H and O–H groups in total. The number of alkyl halides is 1. The quantitative estimate of drug-likeness (QED) is 0.712. The van der Waals surface area contributed by atoms with Crippen LogP contribution in [-0.4, -0.2) is 53.2 Å². The van der Waals surface area contributed by atoms with Crippen LogP contribution in [0.25, 0.3) is 0 Å². The Morgan fingerprint density at radius 1 is 1.06 bits per heavy atom. The van der Waals surface area contributed by atoms with E-state index < -0.39 is 0 Å². The first-order valence-electron chi connectivity index (χ1n) is 7.18. The van der Waals surface area contributed by atoms with Gasteiger partial charge in [0.25, 0.3) is 0 Å². The van der Waals surface area contributed by atoms with Gasteiger partial charge in [-0.2, -0.15) is 0 Å². The summed E-state index contributed by atoms with van der Waals surface area (Å²) in [6.45, 7) is 16.3. The van der Waals surface area contributed by atoms with Crippen LogP contribution in [0.2, 0.25) is 0 Å². The Morgan fingerprint density at radius 2 is 1.61 bits per heavy atom. The maximum absolute atomic E-state index is 13.6. The van der Waals surface area contributed by atoms with Crippen LogP contribution >= 0.6 is 0 Å². The smallest absolute Gasteiger partial charge is 0.106 e. The molecule has 2 rings (SSSR count). The molecule has 3 heteroatoms. The van der Waals surface area contributed by atoms with Gasteiger partial charge in [-0.05, 0) is 54.5 Å². The van der Waals surface area contributed by atoms with Gasteiger partial charge in [-0.25, -0.2) is 4.39 Å². The maximum Gasteiger partial charge on any atom is 0.106 e. The van der Waals surface area contributed by atoms with Gasteiger partial charge in [0.1, 0.15) is 6.67 Å². The molecule has 2 aliphatic heterocycles. The van der Waals surface area contributed by atoms with Gasteiger partial charge in [-0.3, -0.25) is 9.80 Å². The summed E-state index contributed by atoms with van der Waals surface area (Å²) < 4.78 is 13.6. The van der Waals surface area contributed by atoms with Crippen LogP contribution in [0.1, 0.15) is 48.0 Å². The summed E-state index contributed by atoms with van der Waals surface area (Å²) in [5.41, 5.74) is 0.527. The Balaban J connectivity index is 2.09. The van der Waals surface area contributed by atoms with Crippen molar-refractivity contribution >= 4 is 0 Å². The predicted molar refractivity (Wildman–Crippen MR) is 74.6 cm³/mol. The monoisotopic (exact) mass is 256 g/mol. The second kappa shape index (κ2) is 4.17. The molecule has 1 atom stereocenters. The number of nitrogens with zero attached hydrogens (tertiary/aromatic N) is 2. The summed E-state index contributed by atoms with van der Waals surface area (Å²) in [7, 11) is 0. The highest BCUT2D eigenvalue weighted by molar-refractivity contribution is 5.11. The van der Waals surface area contributed by atoms with E-state index in [2.05, 4.69) is 51.3 Å². The molecule has 106 valence electrons. The molecule has 2 aliphatic rings. The van der Waals surface area contributed by atoms with E-state index in [-0.39, 0.29) is 29.2 Å². The minimum atomic E-state index is -0.199. The minimum Gasteiger partial charge on any atom is -0.297 e. The van der Waals surface area contributed by atoms with Crippen LogP contribution in [0.4, 0.5) is 4.39 Å². The van der Waals surface area contributed by atoms with Crippen molar-refractivity contribution < 1.29 is 4.39 Å². The highest BCUT2D eigenvalue weighted by Crippen LogP contribution is 2.48. The van der Waals surface area contributed by atoms with Gasteiger partial charge < -0.3 is 0 Å². The van der Waals surface area contributed by atoms with Gasteiger partial charge in [-0.15, -0.1) is 0 Å². The summed E-state index contributed by atoms with van der Waals surface area (Å²) in [5, 5.41) is 0. The van der Waals surface area contributed by atoms with Gasteiger partial charge >= 0.3 is 0 Å². The van der Waals surface area contributed by atoms with Crippen molar-refractivity contribution in [2.24, 2.45) is 5.41 Å². The molecule has 2 saturated heterocycles. The van der Waals surface area contributed by atoms with Crippen LogP contribution in [0.15, 0.2) is 0 Å². The molecule has 2 nitrogen and oxygen atoms in total. The molecule has 0 aliphatic carbocycles. The Morgan fingerprint density at radius 3 is 2.00 bits per heavy atom. The summed E-state index contributed by atoms with van der Waals surface area (Å²) in [4.78, 5) is 4.87. The fraction of sp³-hybridized carbons (Fsp3) is 1.00. The highest BCUT2D eigenvalue weighted by atomic mass is 19.1. The minimum absolute atomic E-state index is 0.0857. The van der Waals surface area contributed by atoms with Gasteiger partial charge in [0, 0.05) is 35.6 Å². The third kappa shape index (κ3) is 2.20. The third-order valence-electron chi connectivity index (χ3n) is 4.90. The van der Waals surface area contributed by atoms with Crippen molar-refractivity contribution in [3.8, 4) is 0 Å². The SMILES string of the molecule is CC(C)(C)N1CC2(CCN(C(C)(C)C)[C@@H]2CF)C1. The van der Waals surface area contributed by atoms with Crippen molar-refractivity contribution in [3.63, 3.8) is 0 Å². The zero-order chi connectivity index (χ0) is 13.8. The van der Waals surface area contributed by atoms with Crippen molar-refractivity contribution in [2.45, 2.75) is 65.1 Å². The van der Waals surface area contributed by atoms with E-state index >= 15 is 0 Å². The van der Waals surface area contributed by atoms with Crippen LogP contribution in [0.5, 0.6) is 0 Å². The van der Waals surface area contributed by atoms with E-state index in [1.165, 1.54) is 0 Å². The second-order valence-electron chi connectivity index (χ2n) is 8.17. The first-order chi connectivity index (χ1) is 8.10. The molecule has 0 aromatic rings. The fourth-order valence-corrected chi connectivity index (χ4v) is 3.60. The van der Waals surface area contributed by atoms with Crippen molar-refractivity contribution in [2.75, 3.05) is 26.3 Å². The molecule has 0 amide bonds. The van der Waals surface area contributed by atoms with Crippen LogP contribution < -0.4 is 0 Å². The Hall–Kier alpha value is -0.150. The Labute approximate surface area is 112 Å². The Bertz CT molecular complexity index is 307. The Kier molecular flexibility index (Phi) is 3.31. The molecule has 0 unspecified atom stereocenters. The number of rotatable bonds is 1. The van der Waals surface area contributed by atoms with E-state index in [1.54, 1.807) is 0 Å². The lowest BCUT2D eigenvalue weighted by Crippen LogP contribution is -2.67. The van der Waals surface area contributed by atoms with Gasteiger partial charge in [-0.1, -0.05) is 0 Å². The van der Waals surface area contributed by atoms with Crippen molar-refractivity contribution in [1.82, 2.24) is 9.80 Å². The summed E-state index contributed by atoms with van der Waals surface area (Å²) >= 11 is 0. The number of hydrogen-bond donors (Lipinski definition) is 0. The molecule has 0 aromatic heterocycles. The summed E-state index contributed by atoms with van der Waals surface area (Å²) in [6.07, 6.45) is 1.16. The molecule has 0 radical (unpaired) electrons. The van der Waals surface area contributed by atoms with Crippen LogP contribution in [0.3, 0.4) is 0 Å². The van der Waals surface area contributed by atoms with Gasteiger partial charge in [0.05, 0.1) is 0 Å². The highest BCUT2D eigenvalue weighted by Gasteiger charge is 2.57. The number of halogens is 1. The molecule has 0 aromatic carbocycles. The lowest BCUT2D eigenvalue weighted by Gasteiger charge is -2.57. The molecule has 1 spiro atoms. The second-order valence-corrected chi connectivity index (χ2v) is 8.17. The molecular formula is C15H29FN2. The predicted octanol–water partition coefficient (Wildman–Crippen LogP) is 2.93. The van der Waals surface area contributed by atoms with Crippen LogP contribution in [0, 0.1) is 5.41 Å². The average Bonchev–Trinajstić information content (AvgIpc) is 2.51. The van der Waals surface area contributed by atoms with Crippen molar-refractivity contribution in [1.29, 1.82) is 0 Å². The van der Waals surface area contributed by atoms with E-state index in [9.17, 15) is 4.39 Å². The maximum atomic E-state index is 13.6.